The van der Waals surface area contributed by atoms with Crippen molar-refractivity contribution in [2.45, 2.75) is 33.1 Å². The molecule has 0 bridgehead atoms. The Morgan fingerprint density at radius 1 is 1.00 bits per heavy atom. The first-order chi connectivity index (χ1) is 11.4. The molecule has 1 N–H and O–H groups in total. The first-order valence-electron chi connectivity index (χ1n) is 8.05. The maximum Gasteiger partial charge on any atom is 0.126 e. The van der Waals surface area contributed by atoms with E-state index in [0.717, 1.165) is 22.6 Å². The minimum Gasteiger partial charge on any atom is -0.490 e. The van der Waals surface area contributed by atoms with E-state index in [4.69, 9.17) is 14.7 Å². The van der Waals surface area contributed by atoms with E-state index < -0.39 is 0 Å². The van der Waals surface area contributed by atoms with Gasteiger partial charge in [-0.15, -0.1) is 0 Å². The lowest BCUT2D eigenvalue weighted by Gasteiger charge is -2.24. The minimum atomic E-state index is 0.0340. The lowest BCUT2D eigenvalue weighted by atomic mass is 9.85. The van der Waals surface area contributed by atoms with Gasteiger partial charge in [0.2, 0.25) is 0 Å². The number of para-hydroxylation sites is 1. The molecule has 0 fully saturated rings. The van der Waals surface area contributed by atoms with Crippen LogP contribution in [0.5, 0.6) is 11.5 Å². The van der Waals surface area contributed by atoms with Crippen molar-refractivity contribution in [2.75, 3.05) is 13.2 Å². The number of benzene rings is 2. The molecule has 0 aromatic heterocycles. The molecule has 4 nitrogen and oxygen atoms in total. The van der Waals surface area contributed by atoms with Gasteiger partial charge in [-0.1, -0.05) is 44.1 Å². The first kappa shape index (κ1) is 17.9. The van der Waals surface area contributed by atoms with E-state index in [1.54, 1.807) is 0 Å². The van der Waals surface area contributed by atoms with Gasteiger partial charge in [0.15, 0.2) is 0 Å². The number of nitrogens with zero attached hydrogens (tertiary/aromatic N) is 1. The van der Waals surface area contributed by atoms with Crippen LogP contribution in [0.15, 0.2) is 47.6 Å². The van der Waals surface area contributed by atoms with Crippen molar-refractivity contribution in [3.05, 3.63) is 59.2 Å². The summed E-state index contributed by atoms with van der Waals surface area (Å²) < 4.78 is 11.7. The van der Waals surface area contributed by atoms with E-state index in [1.165, 1.54) is 11.8 Å². The SMILES string of the molecule is Cc1cccc(C(C)(C)C)c1OCCOc1ccc(/C=N/O)cc1. The summed E-state index contributed by atoms with van der Waals surface area (Å²) >= 11 is 0. The van der Waals surface area contributed by atoms with E-state index in [9.17, 15) is 0 Å². The molecule has 0 spiro atoms. The second-order valence-corrected chi connectivity index (χ2v) is 6.71. The molecule has 0 atom stereocenters. The molecule has 128 valence electrons. The van der Waals surface area contributed by atoms with Crippen molar-refractivity contribution < 1.29 is 14.7 Å². The third kappa shape index (κ3) is 4.75. The molecule has 0 aliphatic heterocycles. The van der Waals surface area contributed by atoms with Crippen molar-refractivity contribution in [1.82, 2.24) is 0 Å². The fourth-order valence-electron chi connectivity index (χ4n) is 2.45. The molecule has 0 unspecified atom stereocenters. The monoisotopic (exact) mass is 327 g/mol. The zero-order chi connectivity index (χ0) is 17.6. The summed E-state index contributed by atoms with van der Waals surface area (Å²) in [5.74, 6) is 1.71. The van der Waals surface area contributed by atoms with Crippen molar-refractivity contribution in [2.24, 2.45) is 5.16 Å². The normalized spacial score (nSPS) is 11.7. The Balaban J connectivity index is 1.93. The third-order valence-corrected chi connectivity index (χ3v) is 3.71. The Bertz CT molecular complexity index is 685. The Labute approximate surface area is 143 Å². The molecule has 0 amide bonds. The van der Waals surface area contributed by atoms with Crippen LogP contribution in [0.3, 0.4) is 0 Å². The molecule has 2 rings (SSSR count). The van der Waals surface area contributed by atoms with Crippen molar-refractivity contribution in [3.63, 3.8) is 0 Å². The number of rotatable bonds is 6. The zero-order valence-corrected chi connectivity index (χ0v) is 14.7. The molecular formula is C20H25NO3. The van der Waals surface area contributed by atoms with Crippen LogP contribution in [-0.2, 0) is 5.41 Å². The summed E-state index contributed by atoms with van der Waals surface area (Å²) in [6.45, 7) is 9.55. The number of oxime groups is 1. The number of aryl methyl sites for hydroxylation is 1. The van der Waals surface area contributed by atoms with Gasteiger partial charge in [0.1, 0.15) is 24.7 Å². The van der Waals surface area contributed by atoms with Crippen LogP contribution < -0.4 is 9.47 Å². The van der Waals surface area contributed by atoms with Crippen molar-refractivity contribution in [1.29, 1.82) is 0 Å². The van der Waals surface area contributed by atoms with Gasteiger partial charge in [0.05, 0.1) is 6.21 Å². The predicted molar refractivity (Wildman–Crippen MR) is 96.7 cm³/mol. The van der Waals surface area contributed by atoms with Gasteiger partial charge in [0, 0.05) is 0 Å². The largest absolute Gasteiger partial charge is 0.490 e. The molecule has 0 saturated carbocycles. The van der Waals surface area contributed by atoms with E-state index in [2.05, 4.69) is 51.0 Å². The summed E-state index contributed by atoms with van der Waals surface area (Å²) in [4.78, 5) is 0. The molecule has 0 aliphatic rings. The second kappa shape index (κ2) is 7.86. The Morgan fingerprint density at radius 3 is 2.29 bits per heavy atom. The Hall–Kier alpha value is -2.49. The lowest BCUT2D eigenvalue weighted by Crippen LogP contribution is -2.16. The molecule has 24 heavy (non-hydrogen) atoms. The van der Waals surface area contributed by atoms with Gasteiger partial charge in [-0.25, -0.2) is 0 Å². The molecule has 0 heterocycles. The molecule has 0 radical (unpaired) electrons. The average molecular weight is 327 g/mol. The van der Waals surface area contributed by atoms with E-state index in [1.807, 2.05) is 24.3 Å². The predicted octanol–water partition coefficient (Wildman–Crippen LogP) is 4.56. The Morgan fingerprint density at radius 2 is 1.67 bits per heavy atom. The van der Waals surface area contributed by atoms with Crippen LogP contribution in [0.4, 0.5) is 0 Å². The van der Waals surface area contributed by atoms with Gasteiger partial charge in [-0.3, -0.25) is 0 Å². The summed E-state index contributed by atoms with van der Waals surface area (Å²) in [7, 11) is 0. The maximum atomic E-state index is 8.49. The maximum absolute atomic E-state index is 8.49. The molecule has 2 aromatic carbocycles. The highest BCUT2D eigenvalue weighted by atomic mass is 16.5. The molecule has 0 saturated heterocycles. The minimum absolute atomic E-state index is 0.0340. The number of hydrogen-bond donors (Lipinski definition) is 1. The average Bonchev–Trinajstić information content (AvgIpc) is 2.53. The van der Waals surface area contributed by atoms with E-state index in [-0.39, 0.29) is 5.41 Å². The van der Waals surface area contributed by atoms with Crippen LogP contribution in [0, 0.1) is 6.92 Å². The molecule has 4 heteroatoms. The van der Waals surface area contributed by atoms with Crippen LogP contribution in [0.1, 0.15) is 37.5 Å². The van der Waals surface area contributed by atoms with Gasteiger partial charge < -0.3 is 14.7 Å². The Kier molecular flexibility index (Phi) is 5.85. The highest BCUT2D eigenvalue weighted by molar-refractivity contribution is 5.79. The molecule has 2 aromatic rings. The number of hydrogen-bond acceptors (Lipinski definition) is 4. The summed E-state index contributed by atoms with van der Waals surface area (Å²) in [5, 5.41) is 11.5. The third-order valence-electron chi connectivity index (χ3n) is 3.71. The van der Waals surface area contributed by atoms with Gasteiger partial charge >= 0.3 is 0 Å². The van der Waals surface area contributed by atoms with Crippen LogP contribution in [0.25, 0.3) is 0 Å². The van der Waals surface area contributed by atoms with Crippen LogP contribution in [-0.4, -0.2) is 24.6 Å². The number of ether oxygens (including phenoxy) is 2. The van der Waals surface area contributed by atoms with Crippen LogP contribution in [0.2, 0.25) is 0 Å². The zero-order valence-electron chi connectivity index (χ0n) is 14.7. The second-order valence-electron chi connectivity index (χ2n) is 6.71. The van der Waals surface area contributed by atoms with E-state index >= 15 is 0 Å². The topological polar surface area (TPSA) is 51.0 Å². The molecular weight excluding hydrogens is 302 g/mol. The summed E-state index contributed by atoms with van der Waals surface area (Å²) in [5.41, 5.74) is 3.19. The van der Waals surface area contributed by atoms with E-state index in [0.29, 0.717) is 13.2 Å². The van der Waals surface area contributed by atoms with Gasteiger partial charge in [-0.2, -0.15) is 0 Å². The van der Waals surface area contributed by atoms with Crippen LogP contribution >= 0.6 is 0 Å². The first-order valence-corrected chi connectivity index (χ1v) is 8.05. The standard InChI is InChI=1S/C20H25NO3/c1-15-6-5-7-18(20(2,3)4)19(15)24-13-12-23-17-10-8-16(9-11-17)14-21-22/h5-11,14,22H,12-13H2,1-4H3/b21-14+. The van der Waals surface area contributed by atoms with Crippen molar-refractivity contribution >= 4 is 6.21 Å². The lowest BCUT2D eigenvalue weighted by molar-refractivity contribution is 0.213. The highest BCUT2D eigenvalue weighted by Crippen LogP contribution is 2.33. The summed E-state index contributed by atoms with van der Waals surface area (Å²) in [6, 6.07) is 13.6. The fourth-order valence-corrected chi connectivity index (χ4v) is 2.45. The fraction of sp³-hybridized carbons (Fsp3) is 0.350. The smallest absolute Gasteiger partial charge is 0.126 e. The van der Waals surface area contributed by atoms with Crippen molar-refractivity contribution in [3.8, 4) is 11.5 Å². The molecule has 0 aliphatic carbocycles. The summed E-state index contributed by atoms with van der Waals surface area (Å²) in [6.07, 6.45) is 1.37. The van der Waals surface area contributed by atoms with Gasteiger partial charge in [-0.05, 0) is 53.3 Å². The quantitative estimate of drug-likeness (QED) is 0.366. The highest BCUT2D eigenvalue weighted by Gasteiger charge is 2.20. The van der Waals surface area contributed by atoms with Gasteiger partial charge in [0.25, 0.3) is 0 Å².